The topological polar surface area (TPSA) is 104 Å². The molecule has 2 aromatic rings. The van der Waals surface area contributed by atoms with Crippen LogP contribution in [0.4, 0.5) is 0 Å². The van der Waals surface area contributed by atoms with Crippen LogP contribution in [-0.2, 0) is 34.1 Å². The number of aryl methyl sites for hydroxylation is 1. The molecule has 0 saturated heterocycles. The molecular formula is C29H39NO5S. The molecule has 0 atom stereocenters. The van der Waals surface area contributed by atoms with Crippen LogP contribution >= 0.6 is 0 Å². The van der Waals surface area contributed by atoms with Gasteiger partial charge in [0.15, 0.2) is 0 Å². The van der Waals surface area contributed by atoms with Gasteiger partial charge >= 0.3 is 0 Å². The van der Waals surface area contributed by atoms with Gasteiger partial charge in [0, 0.05) is 5.56 Å². The summed E-state index contributed by atoms with van der Waals surface area (Å²) in [5.74, 6) is -1.35. The van der Waals surface area contributed by atoms with Crippen molar-refractivity contribution in [2.45, 2.75) is 84.0 Å². The molecule has 0 bridgehead atoms. The van der Waals surface area contributed by atoms with Crippen molar-refractivity contribution in [3.8, 4) is 11.5 Å². The first-order valence-corrected chi connectivity index (χ1v) is 14.0. The van der Waals surface area contributed by atoms with Crippen LogP contribution in [0.25, 0.3) is 0 Å². The third kappa shape index (κ3) is 8.86. The van der Waals surface area contributed by atoms with Crippen LogP contribution in [0, 0.1) is 0 Å². The first-order valence-electron chi connectivity index (χ1n) is 12.5. The van der Waals surface area contributed by atoms with E-state index < -0.39 is 21.7 Å². The van der Waals surface area contributed by atoms with E-state index in [9.17, 15) is 23.4 Å². The monoisotopic (exact) mass is 513 g/mol. The second-order valence-electron chi connectivity index (χ2n) is 9.43. The Kier molecular flexibility index (Phi) is 11.2. The number of nitrogens with one attached hydrogen (secondary N) is 1. The van der Waals surface area contributed by atoms with Gasteiger partial charge in [-0.15, -0.1) is 0 Å². The summed E-state index contributed by atoms with van der Waals surface area (Å²) in [6, 6.07) is 10.3. The number of sulfonamides is 1. The van der Waals surface area contributed by atoms with Crippen molar-refractivity contribution in [1.82, 2.24) is 4.72 Å². The Morgan fingerprint density at radius 3 is 2.36 bits per heavy atom. The molecule has 6 nitrogen and oxygen atoms in total. The first kappa shape index (κ1) is 29.2. The number of carbonyl (C=O) groups excluding carboxylic acids is 1. The van der Waals surface area contributed by atoms with E-state index in [0.29, 0.717) is 24.0 Å². The lowest BCUT2D eigenvalue weighted by atomic mass is 10.00. The van der Waals surface area contributed by atoms with E-state index in [1.54, 1.807) is 24.3 Å². The summed E-state index contributed by atoms with van der Waals surface area (Å²) in [6.45, 7) is 8.08. The number of hydrogen-bond acceptors (Lipinski definition) is 5. The first-order chi connectivity index (χ1) is 17.0. The van der Waals surface area contributed by atoms with Crippen molar-refractivity contribution in [3.63, 3.8) is 0 Å². The lowest BCUT2D eigenvalue weighted by molar-refractivity contribution is -0.118. The number of unbranched alkanes of at least 4 members (excludes halogenated alkanes) is 2. The third-order valence-electron chi connectivity index (χ3n) is 5.93. The molecule has 0 radical (unpaired) electrons. The molecule has 1 amide bonds. The van der Waals surface area contributed by atoms with E-state index in [0.717, 1.165) is 31.3 Å². The third-order valence-corrected chi connectivity index (χ3v) is 7.42. The highest BCUT2D eigenvalue weighted by molar-refractivity contribution is 7.90. The molecule has 196 valence electrons. The molecule has 0 heterocycles. The van der Waals surface area contributed by atoms with Crippen LogP contribution in [0.3, 0.4) is 0 Å². The number of carbonyl (C=O) groups is 1. The van der Waals surface area contributed by atoms with Gasteiger partial charge in [0.1, 0.15) is 16.4 Å². The molecule has 0 spiro atoms. The van der Waals surface area contributed by atoms with Gasteiger partial charge in [-0.1, -0.05) is 73.4 Å². The summed E-state index contributed by atoms with van der Waals surface area (Å²) >= 11 is 0. The average molecular weight is 514 g/mol. The molecule has 3 N–H and O–H groups in total. The molecule has 36 heavy (non-hydrogen) atoms. The molecule has 0 fully saturated rings. The molecule has 0 aliphatic carbocycles. The fourth-order valence-electron chi connectivity index (χ4n) is 3.97. The lowest BCUT2D eigenvalue weighted by Gasteiger charge is -2.17. The molecule has 2 aromatic carbocycles. The maximum atomic E-state index is 13.3. The van der Waals surface area contributed by atoms with E-state index in [2.05, 4.69) is 10.8 Å². The SMILES string of the molecule is CCCCCc1cc(O)c(CC=C(C)CCC=C(C)C)c(O)c1S(=O)(=O)NC(=O)Cc1ccccc1. The molecule has 0 aliphatic heterocycles. The summed E-state index contributed by atoms with van der Waals surface area (Å²) in [5.41, 5.74) is 3.41. The van der Waals surface area contributed by atoms with Crippen molar-refractivity contribution in [2.75, 3.05) is 0 Å². The molecule has 2 rings (SSSR count). The summed E-state index contributed by atoms with van der Waals surface area (Å²) in [4.78, 5) is 12.2. The van der Waals surface area contributed by atoms with Crippen LogP contribution in [0.15, 0.2) is 64.6 Å². The zero-order valence-corrected chi connectivity index (χ0v) is 22.6. The second kappa shape index (κ2) is 13.9. The van der Waals surface area contributed by atoms with Crippen molar-refractivity contribution in [2.24, 2.45) is 0 Å². The average Bonchev–Trinajstić information content (AvgIpc) is 2.78. The molecule has 0 aliphatic rings. The fourth-order valence-corrected chi connectivity index (χ4v) is 5.32. The lowest BCUT2D eigenvalue weighted by Crippen LogP contribution is -2.32. The number of phenolic OH excluding ortho intramolecular Hbond substituents is 2. The Bertz CT molecular complexity index is 1190. The number of hydrogen-bond donors (Lipinski definition) is 3. The van der Waals surface area contributed by atoms with Crippen molar-refractivity contribution in [3.05, 3.63) is 76.4 Å². The Hall–Kier alpha value is -3.06. The van der Waals surface area contributed by atoms with Gasteiger partial charge in [0.25, 0.3) is 10.0 Å². The maximum Gasteiger partial charge on any atom is 0.268 e. The zero-order chi connectivity index (χ0) is 26.7. The highest BCUT2D eigenvalue weighted by atomic mass is 32.2. The smallest absolute Gasteiger partial charge is 0.268 e. The van der Waals surface area contributed by atoms with E-state index >= 15 is 0 Å². The van der Waals surface area contributed by atoms with Gasteiger partial charge in [0.2, 0.25) is 5.91 Å². The summed E-state index contributed by atoms with van der Waals surface area (Å²) in [7, 11) is -4.37. The Balaban J connectivity index is 2.38. The van der Waals surface area contributed by atoms with Crippen molar-refractivity contribution in [1.29, 1.82) is 0 Å². The Morgan fingerprint density at radius 2 is 1.72 bits per heavy atom. The van der Waals surface area contributed by atoms with Gasteiger partial charge in [-0.3, -0.25) is 4.79 Å². The Morgan fingerprint density at radius 1 is 1.03 bits per heavy atom. The van der Waals surface area contributed by atoms with E-state index in [1.807, 2.05) is 39.8 Å². The van der Waals surface area contributed by atoms with Gasteiger partial charge in [-0.05, 0) is 70.1 Å². The fraction of sp³-hybridized carbons (Fsp3) is 0.414. The van der Waals surface area contributed by atoms with Gasteiger partial charge in [0.05, 0.1) is 6.42 Å². The largest absolute Gasteiger partial charge is 0.508 e. The molecular weight excluding hydrogens is 474 g/mol. The predicted molar refractivity (Wildman–Crippen MR) is 145 cm³/mol. The number of amides is 1. The van der Waals surface area contributed by atoms with Gasteiger partial charge in [-0.25, -0.2) is 13.1 Å². The minimum atomic E-state index is -4.37. The summed E-state index contributed by atoms with van der Waals surface area (Å²) < 4.78 is 28.7. The summed E-state index contributed by atoms with van der Waals surface area (Å²) in [5, 5.41) is 21.8. The Labute approximate surface area is 215 Å². The maximum absolute atomic E-state index is 13.3. The molecule has 0 unspecified atom stereocenters. The number of aromatic hydroxyl groups is 2. The number of benzene rings is 2. The van der Waals surface area contributed by atoms with Crippen molar-refractivity contribution >= 4 is 15.9 Å². The van der Waals surface area contributed by atoms with Crippen LogP contribution in [-0.4, -0.2) is 24.5 Å². The van der Waals surface area contributed by atoms with Gasteiger partial charge < -0.3 is 10.2 Å². The zero-order valence-electron chi connectivity index (χ0n) is 21.8. The highest BCUT2D eigenvalue weighted by Crippen LogP contribution is 2.38. The van der Waals surface area contributed by atoms with Crippen LogP contribution in [0.2, 0.25) is 0 Å². The normalized spacial score (nSPS) is 11.8. The standard InChI is InChI=1S/C29H39NO5S/c1-5-6-8-16-24-20-26(31)25(18-17-22(4)13-11-12-21(2)3)28(33)29(24)36(34,35)30-27(32)19-23-14-9-7-10-15-23/h7,9-10,12,14-15,17,20,31,33H,5-6,8,11,13,16,18-19H2,1-4H3,(H,30,32). The van der Waals surface area contributed by atoms with E-state index in [1.165, 1.54) is 11.6 Å². The quantitative estimate of drug-likeness (QED) is 0.221. The van der Waals surface area contributed by atoms with Crippen molar-refractivity contribution < 1.29 is 23.4 Å². The highest BCUT2D eigenvalue weighted by Gasteiger charge is 2.28. The minimum absolute atomic E-state index is 0.107. The number of allylic oxidation sites excluding steroid dienone is 4. The minimum Gasteiger partial charge on any atom is -0.508 e. The molecule has 0 aromatic heterocycles. The number of rotatable bonds is 13. The van der Waals surface area contributed by atoms with E-state index in [4.69, 9.17) is 0 Å². The molecule has 0 saturated carbocycles. The van der Waals surface area contributed by atoms with Crippen LogP contribution in [0.1, 0.15) is 76.5 Å². The number of phenols is 2. The van der Waals surface area contributed by atoms with Crippen LogP contribution < -0.4 is 4.72 Å². The summed E-state index contributed by atoms with van der Waals surface area (Å²) in [6.07, 6.45) is 8.65. The van der Waals surface area contributed by atoms with E-state index in [-0.39, 0.29) is 29.1 Å². The molecule has 7 heteroatoms. The van der Waals surface area contributed by atoms with Crippen LogP contribution in [0.5, 0.6) is 11.5 Å². The predicted octanol–water partition coefficient (Wildman–Crippen LogP) is 6.11. The second-order valence-corrected chi connectivity index (χ2v) is 11.1. The van der Waals surface area contributed by atoms with Gasteiger partial charge in [-0.2, -0.15) is 0 Å².